The van der Waals surface area contributed by atoms with Crippen molar-refractivity contribution in [2.45, 2.75) is 37.8 Å². The SMILES string of the molecule is CCC(CO)(CO)NC1CCN(C)CC1. The van der Waals surface area contributed by atoms with Crippen molar-refractivity contribution in [1.29, 1.82) is 0 Å². The van der Waals surface area contributed by atoms with Gasteiger partial charge in [0.25, 0.3) is 0 Å². The molecule has 4 nitrogen and oxygen atoms in total. The molecule has 1 aliphatic heterocycles. The molecule has 0 aromatic carbocycles. The largest absolute Gasteiger partial charge is 0.394 e. The molecular formula is C11H24N2O2. The maximum atomic E-state index is 9.33. The molecule has 15 heavy (non-hydrogen) atoms. The van der Waals surface area contributed by atoms with Crippen LogP contribution < -0.4 is 5.32 Å². The first-order valence-electron chi connectivity index (χ1n) is 5.84. The second-order valence-corrected chi connectivity index (χ2v) is 4.67. The number of likely N-dealkylation sites (tertiary alicyclic amines) is 1. The van der Waals surface area contributed by atoms with E-state index in [2.05, 4.69) is 17.3 Å². The molecule has 0 unspecified atom stereocenters. The third kappa shape index (κ3) is 3.41. The lowest BCUT2D eigenvalue weighted by molar-refractivity contribution is 0.0675. The van der Waals surface area contributed by atoms with E-state index < -0.39 is 5.54 Å². The van der Waals surface area contributed by atoms with Crippen LogP contribution in [-0.4, -0.2) is 60.0 Å². The Bertz CT molecular complexity index is 167. The third-order valence-corrected chi connectivity index (χ3v) is 3.51. The topological polar surface area (TPSA) is 55.7 Å². The summed E-state index contributed by atoms with van der Waals surface area (Å²) in [4.78, 5) is 2.31. The zero-order chi connectivity index (χ0) is 11.3. The van der Waals surface area contributed by atoms with Crippen molar-refractivity contribution in [2.75, 3.05) is 33.4 Å². The Hall–Kier alpha value is -0.160. The third-order valence-electron chi connectivity index (χ3n) is 3.51. The van der Waals surface area contributed by atoms with Crippen LogP contribution >= 0.6 is 0 Å². The van der Waals surface area contributed by atoms with Gasteiger partial charge in [-0.3, -0.25) is 0 Å². The predicted molar refractivity (Wildman–Crippen MR) is 60.8 cm³/mol. The number of aliphatic hydroxyl groups is 2. The Morgan fingerprint density at radius 1 is 1.27 bits per heavy atom. The van der Waals surface area contributed by atoms with Crippen molar-refractivity contribution in [2.24, 2.45) is 0 Å². The van der Waals surface area contributed by atoms with E-state index in [0.717, 1.165) is 32.4 Å². The fourth-order valence-electron chi connectivity index (χ4n) is 2.05. The molecule has 0 spiro atoms. The number of hydrogen-bond donors (Lipinski definition) is 3. The van der Waals surface area contributed by atoms with Crippen molar-refractivity contribution < 1.29 is 10.2 Å². The number of nitrogens with zero attached hydrogens (tertiary/aromatic N) is 1. The van der Waals surface area contributed by atoms with Gasteiger partial charge < -0.3 is 20.4 Å². The van der Waals surface area contributed by atoms with E-state index in [-0.39, 0.29) is 13.2 Å². The van der Waals surface area contributed by atoms with Gasteiger partial charge in [0.15, 0.2) is 0 Å². The summed E-state index contributed by atoms with van der Waals surface area (Å²) in [7, 11) is 2.13. The number of nitrogens with one attached hydrogen (secondary N) is 1. The summed E-state index contributed by atoms with van der Waals surface area (Å²) >= 11 is 0. The Kier molecular flexibility index (Phi) is 4.99. The lowest BCUT2D eigenvalue weighted by atomic mass is 9.94. The van der Waals surface area contributed by atoms with E-state index in [1.165, 1.54) is 0 Å². The standard InChI is InChI=1S/C11H24N2O2/c1-3-11(8-14,9-15)12-10-4-6-13(2)7-5-10/h10,12,14-15H,3-9H2,1-2H3. The van der Waals surface area contributed by atoms with Gasteiger partial charge in [0.1, 0.15) is 0 Å². The van der Waals surface area contributed by atoms with Crippen LogP contribution in [0.2, 0.25) is 0 Å². The first-order chi connectivity index (χ1) is 7.15. The fraction of sp³-hybridized carbons (Fsp3) is 1.00. The molecule has 0 aromatic rings. The van der Waals surface area contributed by atoms with Gasteiger partial charge in [0.05, 0.1) is 18.8 Å². The maximum absolute atomic E-state index is 9.33. The lowest BCUT2D eigenvalue weighted by Crippen LogP contribution is -2.57. The van der Waals surface area contributed by atoms with Gasteiger partial charge in [-0.1, -0.05) is 6.92 Å². The van der Waals surface area contributed by atoms with Crippen molar-refractivity contribution in [3.63, 3.8) is 0 Å². The zero-order valence-corrected chi connectivity index (χ0v) is 9.87. The van der Waals surface area contributed by atoms with Crippen LogP contribution in [0.25, 0.3) is 0 Å². The van der Waals surface area contributed by atoms with Gasteiger partial charge in [-0.15, -0.1) is 0 Å². The van der Waals surface area contributed by atoms with Gasteiger partial charge in [0, 0.05) is 6.04 Å². The van der Waals surface area contributed by atoms with Crippen LogP contribution in [0.3, 0.4) is 0 Å². The molecule has 0 amide bonds. The smallest absolute Gasteiger partial charge is 0.0647 e. The van der Waals surface area contributed by atoms with Crippen LogP contribution in [0, 0.1) is 0 Å². The van der Waals surface area contributed by atoms with Crippen molar-refractivity contribution in [3.05, 3.63) is 0 Å². The quantitative estimate of drug-likeness (QED) is 0.596. The van der Waals surface area contributed by atoms with E-state index in [1.54, 1.807) is 0 Å². The Morgan fingerprint density at radius 2 is 1.80 bits per heavy atom. The van der Waals surface area contributed by atoms with E-state index in [4.69, 9.17) is 0 Å². The second-order valence-electron chi connectivity index (χ2n) is 4.67. The molecule has 0 saturated carbocycles. The monoisotopic (exact) mass is 216 g/mol. The zero-order valence-electron chi connectivity index (χ0n) is 9.87. The average Bonchev–Trinajstić information content (AvgIpc) is 2.29. The minimum absolute atomic E-state index is 0.00629. The highest BCUT2D eigenvalue weighted by Crippen LogP contribution is 2.15. The van der Waals surface area contributed by atoms with E-state index in [9.17, 15) is 10.2 Å². The number of piperidine rings is 1. The predicted octanol–water partition coefficient (Wildman–Crippen LogP) is -0.196. The molecular weight excluding hydrogens is 192 g/mol. The average molecular weight is 216 g/mol. The molecule has 1 saturated heterocycles. The number of aliphatic hydroxyl groups excluding tert-OH is 2. The minimum atomic E-state index is -0.486. The van der Waals surface area contributed by atoms with Gasteiger partial charge in [0.2, 0.25) is 0 Å². The minimum Gasteiger partial charge on any atom is -0.394 e. The van der Waals surface area contributed by atoms with E-state index >= 15 is 0 Å². The molecule has 0 aliphatic carbocycles. The summed E-state index contributed by atoms with van der Waals surface area (Å²) in [5, 5.41) is 22.1. The fourth-order valence-corrected chi connectivity index (χ4v) is 2.05. The summed E-state index contributed by atoms with van der Waals surface area (Å²) in [6.07, 6.45) is 2.95. The summed E-state index contributed by atoms with van der Waals surface area (Å²) in [6.45, 7) is 4.19. The highest BCUT2D eigenvalue weighted by Gasteiger charge is 2.30. The molecule has 3 N–H and O–H groups in total. The molecule has 4 heteroatoms. The van der Waals surface area contributed by atoms with Gasteiger partial charge in [-0.2, -0.15) is 0 Å². The van der Waals surface area contributed by atoms with Gasteiger partial charge in [-0.05, 0) is 39.4 Å². The van der Waals surface area contributed by atoms with Crippen molar-refractivity contribution in [3.8, 4) is 0 Å². The molecule has 1 fully saturated rings. The van der Waals surface area contributed by atoms with Crippen molar-refractivity contribution in [1.82, 2.24) is 10.2 Å². The second kappa shape index (κ2) is 5.80. The first-order valence-corrected chi connectivity index (χ1v) is 5.84. The van der Waals surface area contributed by atoms with E-state index in [1.807, 2.05) is 6.92 Å². The molecule has 90 valence electrons. The summed E-state index contributed by atoms with van der Waals surface area (Å²) in [5.41, 5.74) is -0.486. The molecule has 1 rings (SSSR count). The molecule has 1 aliphatic rings. The molecule has 0 aromatic heterocycles. The summed E-state index contributed by atoms with van der Waals surface area (Å²) < 4.78 is 0. The van der Waals surface area contributed by atoms with Gasteiger partial charge in [-0.25, -0.2) is 0 Å². The Morgan fingerprint density at radius 3 is 2.20 bits per heavy atom. The Balaban J connectivity index is 2.44. The lowest BCUT2D eigenvalue weighted by Gasteiger charge is -2.38. The molecule has 0 bridgehead atoms. The normalized spacial score (nSPS) is 20.8. The van der Waals surface area contributed by atoms with Crippen LogP contribution in [0.1, 0.15) is 26.2 Å². The first kappa shape index (κ1) is 12.9. The highest BCUT2D eigenvalue weighted by molar-refractivity contribution is 4.90. The molecule has 0 atom stereocenters. The van der Waals surface area contributed by atoms with E-state index in [0.29, 0.717) is 6.04 Å². The van der Waals surface area contributed by atoms with Gasteiger partial charge >= 0.3 is 0 Å². The molecule has 1 heterocycles. The summed E-state index contributed by atoms with van der Waals surface area (Å²) in [5.74, 6) is 0. The van der Waals surface area contributed by atoms with Crippen LogP contribution in [0.4, 0.5) is 0 Å². The molecule has 0 radical (unpaired) electrons. The number of rotatable bonds is 5. The Labute approximate surface area is 92.3 Å². The summed E-state index contributed by atoms with van der Waals surface area (Å²) in [6, 6.07) is 0.431. The number of hydrogen-bond acceptors (Lipinski definition) is 4. The van der Waals surface area contributed by atoms with Crippen molar-refractivity contribution >= 4 is 0 Å². The highest BCUT2D eigenvalue weighted by atomic mass is 16.3. The van der Waals surface area contributed by atoms with Crippen LogP contribution in [0.5, 0.6) is 0 Å². The van der Waals surface area contributed by atoms with Crippen LogP contribution in [0.15, 0.2) is 0 Å². The maximum Gasteiger partial charge on any atom is 0.0647 e. The van der Waals surface area contributed by atoms with Crippen LogP contribution in [-0.2, 0) is 0 Å².